The van der Waals surface area contributed by atoms with Crippen molar-refractivity contribution >= 4 is 23.6 Å². The Balaban J connectivity index is 1.50. The number of fused-ring (bicyclic) bond motifs is 2. The SMILES string of the molecule is CC(NC(=O)C1=Cc2cc(Cl)ccc2OC1)c1ccc2c(c1)OCO2. The summed E-state index contributed by atoms with van der Waals surface area (Å²) in [6.07, 6.45) is 1.81. The molecular weight excluding hydrogens is 342 g/mol. The molecule has 0 aliphatic carbocycles. The van der Waals surface area contributed by atoms with Crippen LogP contribution in [0.2, 0.25) is 5.02 Å². The Bertz CT molecular complexity index is 878. The highest BCUT2D eigenvalue weighted by Crippen LogP contribution is 2.34. The van der Waals surface area contributed by atoms with E-state index in [0.717, 1.165) is 22.6 Å². The van der Waals surface area contributed by atoms with E-state index < -0.39 is 0 Å². The number of rotatable bonds is 3. The molecule has 0 aromatic heterocycles. The number of benzene rings is 2. The molecule has 1 atom stereocenters. The molecule has 128 valence electrons. The number of hydrogen-bond donors (Lipinski definition) is 1. The third-order valence-corrected chi connectivity index (χ3v) is 4.46. The summed E-state index contributed by atoms with van der Waals surface area (Å²) in [6, 6.07) is 10.8. The maximum Gasteiger partial charge on any atom is 0.251 e. The predicted molar refractivity (Wildman–Crippen MR) is 94.0 cm³/mol. The molecule has 0 fully saturated rings. The first-order valence-corrected chi connectivity index (χ1v) is 8.31. The van der Waals surface area contributed by atoms with E-state index >= 15 is 0 Å². The zero-order valence-electron chi connectivity index (χ0n) is 13.5. The second-order valence-corrected chi connectivity index (χ2v) is 6.38. The quantitative estimate of drug-likeness (QED) is 0.909. The monoisotopic (exact) mass is 357 g/mol. The van der Waals surface area contributed by atoms with Crippen LogP contribution in [0, 0.1) is 0 Å². The molecule has 0 saturated heterocycles. The van der Waals surface area contributed by atoms with Gasteiger partial charge >= 0.3 is 0 Å². The minimum absolute atomic E-state index is 0.171. The van der Waals surface area contributed by atoms with E-state index in [1.165, 1.54) is 0 Å². The first-order valence-electron chi connectivity index (χ1n) is 7.93. The van der Waals surface area contributed by atoms with Crippen molar-refractivity contribution in [3.63, 3.8) is 0 Å². The van der Waals surface area contributed by atoms with E-state index in [9.17, 15) is 4.79 Å². The molecule has 2 heterocycles. The van der Waals surface area contributed by atoms with Crippen molar-refractivity contribution in [3.05, 3.63) is 58.1 Å². The van der Waals surface area contributed by atoms with Crippen LogP contribution in [0.5, 0.6) is 17.2 Å². The third kappa shape index (κ3) is 3.15. The summed E-state index contributed by atoms with van der Waals surface area (Å²) in [4.78, 5) is 12.6. The van der Waals surface area contributed by atoms with E-state index in [-0.39, 0.29) is 25.3 Å². The van der Waals surface area contributed by atoms with Gasteiger partial charge < -0.3 is 19.5 Å². The van der Waals surface area contributed by atoms with Gasteiger partial charge in [0.1, 0.15) is 12.4 Å². The predicted octanol–water partition coefficient (Wildman–Crippen LogP) is 3.72. The van der Waals surface area contributed by atoms with Gasteiger partial charge in [-0.1, -0.05) is 17.7 Å². The second-order valence-electron chi connectivity index (χ2n) is 5.95. The molecule has 2 aliphatic rings. The number of halogens is 1. The van der Waals surface area contributed by atoms with E-state index in [1.807, 2.05) is 31.2 Å². The number of carbonyl (C=O) groups is 1. The van der Waals surface area contributed by atoms with Crippen molar-refractivity contribution in [1.82, 2.24) is 5.32 Å². The van der Waals surface area contributed by atoms with E-state index in [0.29, 0.717) is 16.3 Å². The molecule has 0 radical (unpaired) electrons. The van der Waals surface area contributed by atoms with E-state index in [4.69, 9.17) is 25.8 Å². The molecule has 1 amide bonds. The van der Waals surface area contributed by atoms with Crippen LogP contribution >= 0.6 is 11.6 Å². The summed E-state index contributed by atoms with van der Waals surface area (Å²) in [6.45, 7) is 2.38. The molecule has 2 aliphatic heterocycles. The van der Waals surface area contributed by atoms with Crippen LogP contribution in [-0.2, 0) is 4.79 Å². The number of hydrogen-bond acceptors (Lipinski definition) is 4. The van der Waals surface area contributed by atoms with Gasteiger partial charge in [-0.2, -0.15) is 0 Å². The number of carbonyl (C=O) groups excluding carboxylic acids is 1. The zero-order valence-corrected chi connectivity index (χ0v) is 14.3. The summed E-state index contributed by atoms with van der Waals surface area (Å²) in [5.74, 6) is 1.97. The van der Waals surface area contributed by atoms with Crippen LogP contribution in [0.1, 0.15) is 24.1 Å². The number of amides is 1. The molecule has 5 nitrogen and oxygen atoms in total. The van der Waals surface area contributed by atoms with Gasteiger partial charge in [-0.15, -0.1) is 0 Å². The molecule has 0 spiro atoms. The summed E-state index contributed by atoms with van der Waals surface area (Å²) in [5.41, 5.74) is 2.31. The fourth-order valence-electron chi connectivity index (χ4n) is 2.83. The first kappa shape index (κ1) is 15.8. The molecule has 2 aromatic rings. The number of ether oxygens (including phenoxy) is 3. The lowest BCUT2D eigenvalue weighted by Gasteiger charge is -2.20. The standard InChI is InChI=1S/C19H16ClNO4/c1-11(12-2-4-17-18(8-12)25-10-24-17)21-19(22)14-6-13-7-15(20)3-5-16(13)23-9-14/h2-8,11H,9-10H2,1H3,(H,21,22). The lowest BCUT2D eigenvalue weighted by molar-refractivity contribution is -0.118. The van der Waals surface area contributed by atoms with Crippen LogP contribution in [0.3, 0.4) is 0 Å². The van der Waals surface area contributed by atoms with Crippen molar-refractivity contribution < 1.29 is 19.0 Å². The Kier molecular flexibility index (Phi) is 4.01. The smallest absolute Gasteiger partial charge is 0.251 e. The van der Waals surface area contributed by atoms with Crippen molar-refractivity contribution in [3.8, 4) is 17.2 Å². The van der Waals surface area contributed by atoms with Crippen LogP contribution in [-0.4, -0.2) is 19.3 Å². The van der Waals surface area contributed by atoms with Gasteiger partial charge in [0.05, 0.1) is 11.6 Å². The molecular formula is C19H16ClNO4. The Morgan fingerprint density at radius 3 is 2.76 bits per heavy atom. The van der Waals surface area contributed by atoms with Crippen LogP contribution in [0.25, 0.3) is 6.08 Å². The molecule has 1 unspecified atom stereocenters. The van der Waals surface area contributed by atoms with Gasteiger partial charge in [-0.3, -0.25) is 4.79 Å². The Hall–Kier alpha value is -2.66. The lowest BCUT2D eigenvalue weighted by atomic mass is 10.0. The van der Waals surface area contributed by atoms with Crippen molar-refractivity contribution in [2.24, 2.45) is 0 Å². The second kappa shape index (κ2) is 6.33. The largest absolute Gasteiger partial charge is 0.488 e. The van der Waals surface area contributed by atoms with Gasteiger partial charge in [-0.25, -0.2) is 0 Å². The molecule has 4 rings (SSSR count). The third-order valence-electron chi connectivity index (χ3n) is 4.22. The fourth-order valence-corrected chi connectivity index (χ4v) is 3.02. The summed E-state index contributed by atoms with van der Waals surface area (Å²) >= 11 is 6.01. The average Bonchev–Trinajstić information content (AvgIpc) is 3.08. The summed E-state index contributed by atoms with van der Waals surface area (Å²) in [7, 11) is 0. The highest BCUT2D eigenvalue weighted by atomic mass is 35.5. The van der Waals surface area contributed by atoms with Gasteiger partial charge in [0.2, 0.25) is 6.79 Å². The Morgan fingerprint density at radius 1 is 1.08 bits per heavy atom. The van der Waals surface area contributed by atoms with E-state index in [2.05, 4.69) is 5.32 Å². The van der Waals surface area contributed by atoms with Crippen LogP contribution in [0.15, 0.2) is 42.0 Å². The highest BCUT2D eigenvalue weighted by molar-refractivity contribution is 6.30. The maximum absolute atomic E-state index is 12.6. The van der Waals surface area contributed by atoms with Crippen LogP contribution in [0.4, 0.5) is 0 Å². The van der Waals surface area contributed by atoms with Crippen LogP contribution < -0.4 is 19.5 Å². The molecule has 0 bridgehead atoms. The highest BCUT2D eigenvalue weighted by Gasteiger charge is 2.21. The first-order chi connectivity index (χ1) is 12.1. The van der Waals surface area contributed by atoms with Gasteiger partial charge in [0, 0.05) is 10.6 Å². The van der Waals surface area contributed by atoms with Crippen molar-refractivity contribution in [2.45, 2.75) is 13.0 Å². The van der Waals surface area contributed by atoms with Gasteiger partial charge in [-0.05, 0) is 48.9 Å². The fraction of sp³-hybridized carbons (Fsp3) is 0.211. The van der Waals surface area contributed by atoms with Crippen molar-refractivity contribution in [2.75, 3.05) is 13.4 Å². The zero-order chi connectivity index (χ0) is 17.4. The minimum Gasteiger partial charge on any atom is -0.488 e. The molecule has 1 N–H and O–H groups in total. The molecule has 0 saturated carbocycles. The minimum atomic E-state index is -0.177. The van der Waals surface area contributed by atoms with Gasteiger partial charge in [0.25, 0.3) is 5.91 Å². The molecule has 6 heteroatoms. The normalized spacial score (nSPS) is 15.7. The molecule has 25 heavy (non-hydrogen) atoms. The lowest BCUT2D eigenvalue weighted by Crippen LogP contribution is -2.30. The number of nitrogens with one attached hydrogen (secondary N) is 1. The Labute approximate surface area is 150 Å². The van der Waals surface area contributed by atoms with Gasteiger partial charge in [0.15, 0.2) is 11.5 Å². The van der Waals surface area contributed by atoms with Crippen molar-refractivity contribution in [1.29, 1.82) is 0 Å². The average molecular weight is 358 g/mol. The Morgan fingerprint density at radius 2 is 1.88 bits per heavy atom. The molecule has 2 aromatic carbocycles. The maximum atomic E-state index is 12.6. The van der Waals surface area contributed by atoms with E-state index in [1.54, 1.807) is 18.2 Å². The topological polar surface area (TPSA) is 56.8 Å². The summed E-state index contributed by atoms with van der Waals surface area (Å²) in [5, 5.41) is 3.59. The summed E-state index contributed by atoms with van der Waals surface area (Å²) < 4.78 is 16.3.